The molecule has 0 saturated carbocycles. The third-order valence-electron chi connectivity index (χ3n) is 3.61. The summed E-state index contributed by atoms with van der Waals surface area (Å²) in [5.41, 5.74) is 9.01. The largest absolute Gasteiger partial charge is 0.397 e. The van der Waals surface area contributed by atoms with Crippen molar-refractivity contribution in [1.29, 1.82) is 0 Å². The molecule has 4 N–H and O–H groups in total. The highest BCUT2D eigenvalue weighted by atomic mass is 79.9. The van der Waals surface area contributed by atoms with E-state index in [0.717, 1.165) is 33.0 Å². The summed E-state index contributed by atoms with van der Waals surface area (Å²) >= 11 is 4.93. The third kappa shape index (κ3) is 4.24. The van der Waals surface area contributed by atoms with Crippen LogP contribution in [0.1, 0.15) is 28.8 Å². The first-order chi connectivity index (χ1) is 11.6. The van der Waals surface area contributed by atoms with Crippen molar-refractivity contribution in [2.45, 2.75) is 19.4 Å². The number of nitrogens with one attached hydrogen (secondary N) is 2. The lowest BCUT2D eigenvalue weighted by Crippen LogP contribution is -2.26. The maximum absolute atomic E-state index is 12.3. The van der Waals surface area contributed by atoms with Crippen molar-refractivity contribution in [2.75, 3.05) is 5.32 Å². The Morgan fingerprint density at radius 1 is 1.33 bits per heavy atom. The van der Waals surface area contributed by atoms with Gasteiger partial charge in [0.15, 0.2) is 5.13 Å². The Balaban J connectivity index is 1.59. The average molecular weight is 405 g/mol. The molecule has 0 bridgehead atoms. The van der Waals surface area contributed by atoms with E-state index >= 15 is 0 Å². The van der Waals surface area contributed by atoms with Gasteiger partial charge in [0.1, 0.15) is 0 Å². The smallest absolute Gasteiger partial charge is 0.255 e. The summed E-state index contributed by atoms with van der Waals surface area (Å²) in [6.07, 6.45) is 7.27. The summed E-state index contributed by atoms with van der Waals surface area (Å²) in [6.45, 7) is 0.657. The molecule has 124 valence electrons. The fraction of sp³-hybridized carbons (Fsp3) is 0.176. The first-order valence-corrected chi connectivity index (χ1v) is 9.13. The van der Waals surface area contributed by atoms with Gasteiger partial charge < -0.3 is 16.4 Å². The maximum Gasteiger partial charge on any atom is 0.255 e. The molecule has 24 heavy (non-hydrogen) atoms. The number of halogens is 1. The van der Waals surface area contributed by atoms with Crippen molar-refractivity contribution in [1.82, 2.24) is 10.3 Å². The number of amides is 1. The van der Waals surface area contributed by atoms with Crippen LogP contribution >= 0.6 is 27.3 Å². The molecule has 2 aromatic rings. The van der Waals surface area contributed by atoms with Gasteiger partial charge in [-0.15, -0.1) is 0 Å². The van der Waals surface area contributed by atoms with Gasteiger partial charge in [0.25, 0.3) is 5.91 Å². The number of nitrogens with two attached hydrogens (primary N) is 1. The molecule has 0 spiro atoms. The van der Waals surface area contributed by atoms with Crippen LogP contribution < -0.4 is 16.4 Å². The van der Waals surface area contributed by atoms with Gasteiger partial charge >= 0.3 is 0 Å². The lowest BCUT2D eigenvalue weighted by Gasteiger charge is -2.14. The molecular weight excluding hydrogens is 388 g/mol. The first-order valence-electron chi connectivity index (χ1n) is 7.52. The molecule has 3 rings (SSSR count). The Labute approximate surface area is 152 Å². The third-order valence-corrected chi connectivity index (χ3v) is 5.04. The Bertz CT molecular complexity index is 795. The predicted molar refractivity (Wildman–Crippen MR) is 101 cm³/mol. The zero-order valence-electron chi connectivity index (χ0n) is 12.9. The number of hydrogen-bond acceptors (Lipinski definition) is 5. The zero-order valence-corrected chi connectivity index (χ0v) is 15.3. The van der Waals surface area contributed by atoms with E-state index in [-0.39, 0.29) is 5.91 Å². The molecule has 5 nitrogen and oxygen atoms in total. The van der Waals surface area contributed by atoms with Gasteiger partial charge in [-0.1, -0.05) is 29.5 Å². The minimum absolute atomic E-state index is 0.133. The van der Waals surface area contributed by atoms with Crippen LogP contribution in [0, 0.1) is 0 Å². The standard InChI is InChI=1S/C17H17BrN4OS/c18-15-10-21-17(24-15)20-9-11-5-7-12(8-6-11)16(23)22-14-4-2-1-3-13(14)19/h1,3,5-8,10H,2,4,9,19H2,(H,20,21)(H,22,23). The van der Waals surface area contributed by atoms with Gasteiger partial charge in [-0.25, -0.2) is 4.98 Å². The number of aromatic nitrogens is 1. The Kier molecular flexibility index (Phi) is 5.32. The molecular formula is C17H17BrN4OS. The summed E-state index contributed by atoms with van der Waals surface area (Å²) < 4.78 is 0.989. The predicted octanol–water partition coefficient (Wildman–Crippen LogP) is 3.77. The van der Waals surface area contributed by atoms with Crippen molar-refractivity contribution in [3.8, 4) is 0 Å². The number of allylic oxidation sites excluding steroid dienone is 3. The van der Waals surface area contributed by atoms with E-state index in [9.17, 15) is 4.79 Å². The van der Waals surface area contributed by atoms with Crippen LogP contribution in [-0.4, -0.2) is 10.9 Å². The highest BCUT2D eigenvalue weighted by molar-refractivity contribution is 9.11. The van der Waals surface area contributed by atoms with Crippen molar-refractivity contribution in [3.63, 3.8) is 0 Å². The number of carbonyl (C=O) groups is 1. The molecule has 0 unspecified atom stereocenters. The second-order valence-corrected chi connectivity index (χ2v) is 7.76. The molecule has 0 atom stereocenters. The van der Waals surface area contributed by atoms with E-state index in [1.165, 1.54) is 0 Å². The van der Waals surface area contributed by atoms with Gasteiger partial charge in [0, 0.05) is 17.8 Å². The molecule has 1 amide bonds. The number of rotatable bonds is 5. The Hall–Kier alpha value is -2.12. The molecule has 1 aromatic carbocycles. The number of benzene rings is 1. The molecule has 0 fully saturated rings. The summed E-state index contributed by atoms with van der Waals surface area (Å²) in [7, 11) is 0. The molecule has 1 aliphatic rings. The van der Waals surface area contributed by atoms with Crippen molar-refractivity contribution < 1.29 is 4.79 Å². The van der Waals surface area contributed by atoms with Crippen molar-refractivity contribution in [2.24, 2.45) is 5.73 Å². The molecule has 7 heteroatoms. The van der Waals surface area contributed by atoms with E-state index in [1.807, 2.05) is 36.4 Å². The summed E-state index contributed by atoms with van der Waals surface area (Å²) in [5.74, 6) is -0.133. The number of carbonyl (C=O) groups excluding carboxylic acids is 1. The van der Waals surface area contributed by atoms with Gasteiger partial charge in [-0.2, -0.15) is 0 Å². The number of thiazole rings is 1. The molecule has 1 heterocycles. The number of anilines is 1. The Morgan fingerprint density at radius 2 is 2.12 bits per heavy atom. The van der Waals surface area contributed by atoms with E-state index < -0.39 is 0 Å². The first kappa shape index (κ1) is 16.7. The molecule has 0 radical (unpaired) electrons. The summed E-state index contributed by atoms with van der Waals surface area (Å²) in [6, 6.07) is 7.51. The van der Waals surface area contributed by atoms with Gasteiger partial charge in [0.2, 0.25) is 0 Å². The van der Waals surface area contributed by atoms with E-state index in [1.54, 1.807) is 17.5 Å². The zero-order chi connectivity index (χ0) is 16.9. The van der Waals surface area contributed by atoms with Crippen LogP contribution in [0.5, 0.6) is 0 Å². The summed E-state index contributed by atoms with van der Waals surface area (Å²) in [4.78, 5) is 16.5. The Morgan fingerprint density at radius 3 is 2.79 bits per heavy atom. The maximum atomic E-state index is 12.3. The van der Waals surface area contributed by atoms with Crippen molar-refractivity contribution in [3.05, 3.63) is 68.9 Å². The fourth-order valence-electron chi connectivity index (χ4n) is 2.31. The minimum Gasteiger partial charge on any atom is -0.397 e. The fourth-order valence-corrected chi connectivity index (χ4v) is 3.42. The SMILES string of the molecule is NC1=C(NC(=O)c2ccc(CNc3ncc(Br)s3)cc2)CCC=C1. The second kappa shape index (κ2) is 7.63. The lowest BCUT2D eigenvalue weighted by atomic mass is 10.1. The van der Waals surface area contributed by atoms with E-state index in [4.69, 9.17) is 5.73 Å². The average Bonchev–Trinajstić information content (AvgIpc) is 3.01. The van der Waals surface area contributed by atoms with Crippen LogP contribution in [0.2, 0.25) is 0 Å². The van der Waals surface area contributed by atoms with Crippen LogP contribution in [0.4, 0.5) is 5.13 Å². The van der Waals surface area contributed by atoms with Gasteiger partial charge in [0.05, 0.1) is 15.7 Å². The van der Waals surface area contributed by atoms with Gasteiger partial charge in [-0.3, -0.25) is 4.79 Å². The van der Waals surface area contributed by atoms with Crippen LogP contribution in [-0.2, 0) is 6.54 Å². The van der Waals surface area contributed by atoms with Crippen LogP contribution in [0.15, 0.2) is 57.8 Å². The topological polar surface area (TPSA) is 80.0 Å². The highest BCUT2D eigenvalue weighted by Crippen LogP contribution is 2.23. The summed E-state index contributed by atoms with van der Waals surface area (Å²) in [5, 5.41) is 7.01. The lowest BCUT2D eigenvalue weighted by molar-refractivity contribution is 0.0964. The number of hydrogen-bond donors (Lipinski definition) is 3. The van der Waals surface area contributed by atoms with Crippen molar-refractivity contribution >= 4 is 38.3 Å². The number of nitrogens with zero attached hydrogens (tertiary/aromatic N) is 1. The highest BCUT2D eigenvalue weighted by Gasteiger charge is 2.11. The second-order valence-electron chi connectivity index (χ2n) is 5.35. The molecule has 1 aromatic heterocycles. The van der Waals surface area contributed by atoms with Crippen LogP contribution in [0.3, 0.4) is 0 Å². The monoisotopic (exact) mass is 404 g/mol. The van der Waals surface area contributed by atoms with E-state index in [0.29, 0.717) is 17.8 Å². The minimum atomic E-state index is -0.133. The quantitative estimate of drug-likeness (QED) is 0.708. The molecule has 1 aliphatic carbocycles. The van der Waals surface area contributed by atoms with Gasteiger partial charge in [-0.05, 0) is 52.5 Å². The molecule has 0 saturated heterocycles. The van der Waals surface area contributed by atoms with Crippen LogP contribution in [0.25, 0.3) is 0 Å². The van der Waals surface area contributed by atoms with E-state index in [2.05, 4.69) is 31.5 Å². The normalized spacial score (nSPS) is 13.9. The molecule has 0 aliphatic heterocycles.